The standard InChI is InChI=1S/C20H22N4O2S/c1-13(23-19(25)18-14(2)24-27-20(18)21-3)15-7-6-9-17(11-15)26-12-16-8-4-5-10-22-16/h4-11,13,21H,12H2,1-3H3,(H,23,25). The molecule has 1 aromatic carbocycles. The van der Waals surface area contributed by atoms with E-state index in [2.05, 4.69) is 20.0 Å². The Morgan fingerprint density at radius 1 is 1.26 bits per heavy atom. The first-order chi connectivity index (χ1) is 13.1. The molecule has 0 aliphatic carbocycles. The Bertz CT molecular complexity index is 911. The van der Waals surface area contributed by atoms with Crippen molar-refractivity contribution in [2.24, 2.45) is 0 Å². The molecule has 0 fully saturated rings. The van der Waals surface area contributed by atoms with Crippen molar-refractivity contribution in [1.82, 2.24) is 14.7 Å². The van der Waals surface area contributed by atoms with Crippen LogP contribution < -0.4 is 15.4 Å². The van der Waals surface area contributed by atoms with Crippen molar-refractivity contribution >= 4 is 22.4 Å². The quantitative estimate of drug-likeness (QED) is 0.647. The van der Waals surface area contributed by atoms with E-state index in [1.165, 1.54) is 11.5 Å². The minimum atomic E-state index is -0.167. The molecule has 3 rings (SSSR count). The zero-order chi connectivity index (χ0) is 19.2. The number of nitrogens with zero attached hydrogens (tertiary/aromatic N) is 2. The van der Waals surface area contributed by atoms with Crippen molar-refractivity contribution in [1.29, 1.82) is 0 Å². The van der Waals surface area contributed by atoms with Crippen LogP contribution in [-0.4, -0.2) is 22.3 Å². The van der Waals surface area contributed by atoms with E-state index in [9.17, 15) is 4.79 Å². The summed E-state index contributed by atoms with van der Waals surface area (Å²) < 4.78 is 10.1. The van der Waals surface area contributed by atoms with E-state index < -0.39 is 0 Å². The highest BCUT2D eigenvalue weighted by molar-refractivity contribution is 7.10. The zero-order valence-corrected chi connectivity index (χ0v) is 16.3. The molecule has 0 saturated carbocycles. The number of hydrogen-bond acceptors (Lipinski definition) is 6. The lowest BCUT2D eigenvalue weighted by atomic mass is 10.1. The highest BCUT2D eigenvalue weighted by Crippen LogP contribution is 2.25. The second-order valence-corrected chi connectivity index (χ2v) is 6.87. The third kappa shape index (κ3) is 4.62. The molecule has 3 aromatic rings. The molecular formula is C20H22N4O2S. The fourth-order valence-electron chi connectivity index (χ4n) is 2.67. The summed E-state index contributed by atoms with van der Waals surface area (Å²) in [6.45, 7) is 4.18. The molecule has 2 heterocycles. The molecular weight excluding hydrogens is 360 g/mol. The van der Waals surface area contributed by atoms with Crippen molar-refractivity contribution in [2.45, 2.75) is 26.5 Å². The van der Waals surface area contributed by atoms with Crippen LogP contribution in [0.4, 0.5) is 5.00 Å². The molecule has 7 heteroatoms. The smallest absolute Gasteiger partial charge is 0.256 e. The van der Waals surface area contributed by atoms with Crippen LogP contribution in [0.2, 0.25) is 0 Å². The molecule has 0 spiro atoms. The van der Waals surface area contributed by atoms with Gasteiger partial charge in [-0.3, -0.25) is 9.78 Å². The van der Waals surface area contributed by atoms with E-state index in [1.54, 1.807) is 13.2 Å². The third-order valence-electron chi connectivity index (χ3n) is 4.14. The summed E-state index contributed by atoms with van der Waals surface area (Å²) >= 11 is 1.29. The van der Waals surface area contributed by atoms with Gasteiger partial charge in [-0.15, -0.1) is 0 Å². The second-order valence-electron chi connectivity index (χ2n) is 6.10. The Balaban J connectivity index is 1.67. The average molecular weight is 382 g/mol. The monoisotopic (exact) mass is 382 g/mol. The first-order valence-electron chi connectivity index (χ1n) is 8.66. The SMILES string of the molecule is CNc1snc(C)c1C(=O)NC(C)c1cccc(OCc2ccccn2)c1. The molecule has 1 atom stereocenters. The molecule has 0 radical (unpaired) electrons. The third-order valence-corrected chi connectivity index (χ3v) is 5.09. The molecule has 6 nitrogen and oxygen atoms in total. The van der Waals surface area contributed by atoms with Gasteiger partial charge in [0.1, 0.15) is 17.4 Å². The maximum absolute atomic E-state index is 12.7. The number of aryl methyl sites for hydroxylation is 1. The van der Waals surface area contributed by atoms with E-state index in [0.29, 0.717) is 12.2 Å². The van der Waals surface area contributed by atoms with Gasteiger partial charge in [-0.2, -0.15) is 4.37 Å². The molecule has 0 saturated heterocycles. The highest BCUT2D eigenvalue weighted by atomic mass is 32.1. The van der Waals surface area contributed by atoms with E-state index in [-0.39, 0.29) is 11.9 Å². The Kier molecular flexibility index (Phi) is 6.03. The number of carbonyl (C=O) groups excluding carboxylic acids is 1. The lowest BCUT2D eigenvalue weighted by Crippen LogP contribution is -2.27. The van der Waals surface area contributed by atoms with Crippen LogP contribution in [0, 0.1) is 6.92 Å². The average Bonchev–Trinajstić information content (AvgIpc) is 3.08. The van der Waals surface area contributed by atoms with Crippen LogP contribution in [0.3, 0.4) is 0 Å². The lowest BCUT2D eigenvalue weighted by Gasteiger charge is -2.16. The van der Waals surface area contributed by atoms with E-state index in [4.69, 9.17) is 4.74 Å². The maximum atomic E-state index is 12.7. The van der Waals surface area contributed by atoms with E-state index >= 15 is 0 Å². The topological polar surface area (TPSA) is 76.1 Å². The Labute approximate surface area is 162 Å². The zero-order valence-electron chi connectivity index (χ0n) is 15.5. The number of ether oxygens (including phenoxy) is 1. The fraction of sp³-hybridized carbons (Fsp3) is 0.250. The van der Waals surface area contributed by atoms with Gasteiger partial charge in [0.15, 0.2) is 0 Å². The molecule has 27 heavy (non-hydrogen) atoms. The lowest BCUT2D eigenvalue weighted by molar-refractivity contribution is 0.0940. The van der Waals surface area contributed by atoms with Gasteiger partial charge >= 0.3 is 0 Å². The molecule has 2 aromatic heterocycles. The predicted octanol–water partition coefficient (Wildman–Crippen LogP) is 3.96. The number of nitrogens with one attached hydrogen (secondary N) is 2. The van der Waals surface area contributed by atoms with Crippen LogP contribution in [0.15, 0.2) is 48.7 Å². The predicted molar refractivity (Wildman–Crippen MR) is 107 cm³/mol. The molecule has 1 amide bonds. The Morgan fingerprint density at radius 2 is 2.11 bits per heavy atom. The first kappa shape index (κ1) is 18.8. The van der Waals surface area contributed by atoms with Crippen LogP contribution in [0.5, 0.6) is 5.75 Å². The van der Waals surface area contributed by atoms with Crippen molar-refractivity contribution in [2.75, 3.05) is 12.4 Å². The molecule has 1 unspecified atom stereocenters. The fourth-order valence-corrected chi connectivity index (χ4v) is 3.42. The molecule has 140 valence electrons. The van der Waals surface area contributed by atoms with E-state index in [0.717, 1.165) is 27.7 Å². The highest BCUT2D eigenvalue weighted by Gasteiger charge is 2.20. The normalized spacial score (nSPS) is 11.7. The number of amides is 1. The van der Waals surface area contributed by atoms with Crippen LogP contribution in [0.1, 0.15) is 40.3 Å². The number of aromatic nitrogens is 2. The summed E-state index contributed by atoms with van der Waals surface area (Å²) in [5.74, 6) is 0.599. The summed E-state index contributed by atoms with van der Waals surface area (Å²) in [6, 6.07) is 13.3. The maximum Gasteiger partial charge on any atom is 0.256 e. The Hall–Kier alpha value is -2.93. The summed E-state index contributed by atoms with van der Waals surface area (Å²) in [5, 5.41) is 6.82. The minimum Gasteiger partial charge on any atom is -0.487 e. The van der Waals surface area contributed by atoms with Gasteiger partial charge in [0.2, 0.25) is 0 Å². The summed E-state index contributed by atoms with van der Waals surface area (Å²) in [7, 11) is 1.79. The van der Waals surface area contributed by atoms with Gasteiger partial charge in [-0.25, -0.2) is 0 Å². The second kappa shape index (κ2) is 8.64. The number of rotatable bonds is 7. The summed E-state index contributed by atoms with van der Waals surface area (Å²) in [5.41, 5.74) is 3.15. The molecule has 0 bridgehead atoms. The van der Waals surface area contributed by atoms with Gasteiger partial charge in [-0.05, 0) is 55.2 Å². The number of benzene rings is 1. The minimum absolute atomic E-state index is 0.141. The molecule has 0 aliphatic rings. The van der Waals surface area contributed by atoms with Crippen molar-refractivity contribution in [3.63, 3.8) is 0 Å². The van der Waals surface area contributed by atoms with Crippen LogP contribution in [0.25, 0.3) is 0 Å². The van der Waals surface area contributed by atoms with Gasteiger partial charge in [0.05, 0.1) is 23.0 Å². The van der Waals surface area contributed by atoms with Crippen molar-refractivity contribution in [3.05, 3.63) is 71.2 Å². The summed E-state index contributed by atoms with van der Waals surface area (Å²) in [4.78, 5) is 16.9. The number of pyridine rings is 1. The number of hydrogen-bond donors (Lipinski definition) is 2. The van der Waals surface area contributed by atoms with Crippen LogP contribution in [-0.2, 0) is 6.61 Å². The number of anilines is 1. The molecule has 2 N–H and O–H groups in total. The van der Waals surface area contributed by atoms with Gasteiger partial charge < -0.3 is 15.4 Å². The summed E-state index contributed by atoms with van der Waals surface area (Å²) in [6.07, 6.45) is 1.74. The van der Waals surface area contributed by atoms with Gasteiger partial charge in [0.25, 0.3) is 5.91 Å². The van der Waals surface area contributed by atoms with Gasteiger partial charge in [-0.1, -0.05) is 18.2 Å². The largest absolute Gasteiger partial charge is 0.487 e. The first-order valence-corrected chi connectivity index (χ1v) is 9.43. The van der Waals surface area contributed by atoms with Gasteiger partial charge in [0, 0.05) is 13.2 Å². The Morgan fingerprint density at radius 3 is 2.85 bits per heavy atom. The van der Waals surface area contributed by atoms with Crippen molar-refractivity contribution in [3.8, 4) is 5.75 Å². The number of carbonyl (C=O) groups is 1. The molecule has 0 aliphatic heterocycles. The van der Waals surface area contributed by atoms with Crippen molar-refractivity contribution < 1.29 is 9.53 Å². The van der Waals surface area contributed by atoms with Crippen LogP contribution >= 0.6 is 11.5 Å². The van der Waals surface area contributed by atoms with E-state index in [1.807, 2.05) is 56.3 Å².